The van der Waals surface area contributed by atoms with Crippen LogP contribution in [-0.2, 0) is 11.3 Å². The van der Waals surface area contributed by atoms with Gasteiger partial charge in [0, 0.05) is 48.5 Å². The molecule has 0 spiro atoms. The number of rotatable bonds is 5. The Morgan fingerprint density at radius 2 is 1.80 bits per heavy atom. The van der Waals surface area contributed by atoms with Gasteiger partial charge in [-0.05, 0) is 48.7 Å². The molecule has 3 aromatic rings. The van der Waals surface area contributed by atoms with Crippen LogP contribution in [0.25, 0.3) is 11.3 Å². The number of carbonyl (C=O) groups excluding carboxylic acids is 2. The maximum absolute atomic E-state index is 12.8. The first-order valence-electron chi connectivity index (χ1n) is 9.87. The quantitative estimate of drug-likeness (QED) is 0.658. The fraction of sp³-hybridized carbons (Fsp3) is 0.273. The maximum atomic E-state index is 12.8. The topological polar surface area (TPSA) is 91.0 Å². The molecule has 7 nitrogen and oxygen atoms in total. The minimum absolute atomic E-state index is 0.0248. The summed E-state index contributed by atoms with van der Waals surface area (Å²) >= 11 is 5.88. The lowest BCUT2D eigenvalue weighted by atomic mass is 9.95. The molecule has 1 aliphatic heterocycles. The molecule has 0 atom stereocenters. The molecule has 1 aliphatic rings. The Morgan fingerprint density at radius 3 is 2.50 bits per heavy atom. The number of likely N-dealkylation sites (tertiary alicyclic amines) is 1. The van der Waals surface area contributed by atoms with Gasteiger partial charge in [-0.1, -0.05) is 23.7 Å². The summed E-state index contributed by atoms with van der Waals surface area (Å²) in [6, 6.07) is 12.9. The Kier molecular flexibility index (Phi) is 6.09. The number of pyridine rings is 1. The van der Waals surface area contributed by atoms with Gasteiger partial charge < -0.3 is 10.2 Å². The Labute approximate surface area is 179 Å². The third kappa shape index (κ3) is 4.68. The summed E-state index contributed by atoms with van der Waals surface area (Å²) in [5.74, 6) is -0.184. The molecular formula is C22H22ClN5O2. The van der Waals surface area contributed by atoms with Gasteiger partial charge in [0.2, 0.25) is 5.91 Å². The second-order valence-electron chi connectivity index (χ2n) is 7.31. The van der Waals surface area contributed by atoms with Gasteiger partial charge in [-0.2, -0.15) is 5.10 Å². The van der Waals surface area contributed by atoms with Gasteiger partial charge in [0.1, 0.15) is 0 Å². The lowest BCUT2D eigenvalue weighted by Gasteiger charge is -2.30. The van der Waals surface area contributed by atoms with Crippen molar-refractivity contribution in [3.05, 3.63) is 71.1 Å². The highest BCUT2D eigenvalue weighted by Crippen LogP contribution is 2.21. The Morgan fingerprint density at radius 1 is 1.10 bits per heavy atom. The van der Waals surface area contributed by atoms with Crippen molar-refractivity contribution < 1.29 is 9.59 Å². The molecule has 1 aromatic carbocycles. The van der Waals surface area contributed by atoms with Crippen LogP contribution in [0.1, 0.15) is 28.9 Å². The van der Waals surface area contributed by atoms with Crippen molar-refractivity contribution in [2.45, 2.75) is 19.4 Å². The number of hydrogen-bond donors (Lipinski definition) is 2. The molecule has 2 aromatic heterocycles. The Bertz CT molecular complexity index is 1010. The molecular weight excluding hydrogens is 402 g/mol. The van der Waals surface area contributed by atoms with Gasteiger partial charge in [0.15, 0.2) is 5.69 Å². The van der Waals surface area contributed by atoms with Gasteiger partial charge in [0.05, 0.1) is 5.69 Å². The van der Waals surface area contributed by atoms with Crippen molar-refractivity contribution in [3.8, 4) is 11.3 Å². The number of benzene rings is 1. The van der Waals surface area contributed by atoms with Gasteiger partial charge in [-0.15, -0.1) is 0 Å². The van der Waals surface area contributed by atoms with Crippen molar-refractivity contribution in [1.82, 2.24) is 25.4 Å². The van der Waals surface area contributed by atoms with Crippen LogP contribution in [0.4, 0.5) is 0 Å². The Balaban J connectivity index is 1.28. The van der Waals surface area contributed by atoms with Crippen LogP contribution in [0, 0.1) is 5.92 Å². The molecule has 0 bridgehead atoms. The van der Waals surface area contributed by atoms with E-state index in [1.165, 1.54) is 0 Å². The lowest BCUT2D eigenvalue weighted by Crippen LogP contribution is -2.43. The average molecular weight is 424 g/mol. The minimum Gasteiger partial charge on any atom is -0.352 e. The van der Waals surface area contributed by atoms with Crippen LogP contribution in [0.15, 0.2) is 54.9 Å². The molecule has 3 heterocycles. The molecule has 30 heavy (non-hydrogen) atoms. The number of nitrogens with one attached hydrogen (secondary N) is 2. The molecule has 154 valence electrons. The largest absolute Gasteiger partial charge is 0.352 e. The summed E-state index contributed by atoms with van der Waals surface area (Å²) in [6.45, 7) is 1.55. The number of H-pyrrole nitrogens is 1. The number of piperidine rings is 1. The maximum Gasteiger partial charge on any atom is 0.274 e. The summed E-state index contributed by atoms with van der Waals surface area (Å²) in [5.41, 5.74) is 3.08. The van der Waals surface area contributed by atoms with E-state index >= 15 is 0 Å². The summed E-state index contributed by atoms with van der Waals surface area (Å²) in [5, 5.41) is 10.7. The summed E-state index contributed by atoms with van der Waals surface area (Å²) in [7, 11) is 0. The summed E-state index contributed by atoms with van der Waals surface area (Å²) in [4.78, 5) is 31.0. The fourth-order valence-electron chi connectivity index (χ4n) is 3.55. The van der Waals surface area contributed by atoms with Gasteiger partial charge in [0.25, 0.3) is 5.91 Å². The van der Waals surface area contributed by atoms with Gasteiger partial charge in [-0.3, -0.25) is 19.7 Å². The highest BCUT2D eigenvalue weighted by Gasteiger charge is 2.28. The van der Waals surface area contributed by atoms with Gasteiger partial charge in [-0.25, -0.2) is 0 Å². The van der Waals surface area contributed by atoms with Crippen molar-refractivity contribution >= 4 is 23.4 Å². The van der Waals surface area contributed by atoms with E-state index in [1.54, 1.807) is 23.4 Å². The number of aromatic amines is 1. The van der Waals surface area contributed by atoms with E-state index in [0.717, 1.165) is 16.8 Å². The number of hydrogen-bond acceptors (Lipinski definition) is 4. The molecule has 8 heteroatoms. The van der Waals surface area contributed by atoms with Crippen LogP contribution in [0.5, 0.6) is 0 Å². The molecule has 0 saturated carbocycles. The smallest absolute Gasteiger partial charge is 0.274 e. The number of amides is 2. The van der Waals surface area contributed by atoms with Crippen LogP contribution >= 0.6 is 11.6 Å². The summed E-state index contributed by atoms with van der Waals surface area (Å²) in [6.07, 6.45) is 4.67. The van der Waals surface area contributed by atoms with E-state index in [1.807, 2.05) is 36.4 Å². The van der Waals surface area contributed by atoms with E-state index in [0.29, 0.717) is 43.2 Å². The van der Waals surface area contributed by atoms with Crippen LogP contribution in [-0.4, -0.2) is 45.0 Å². The molecule has 0 radical (unpaired) electrons. The lowest BCUT2D eigenvalue weighted by molar-refractivity contribution is -0.126. The molecule has 1 saturated heterocycles. The molecule has 2 amide bonds. The van der Waals surface area contributed by atoms with Crippen molar-refractivity contribution in [3.63, 3.8) is 0 Å². The third-order valence-electron chi connectivity index (χ3n) is 5.32. The van der Waals surface area contributed by atoms with Gasteiger partial charge >= 0.3 is 0 Å². The van der Waals surface area contributed by atoms with Crippen molar-refractivity contribution in [1.29, 1.82) is 0 Å². The minimum atomic E-state index is -0.119. The Hall–Kier alpha value is -3.19. The fourth-order valence-corrected chi connectivity index (χ4v) is 3.68. The number of nitrogens with zero attached hydrogens (tertiary/aromatic N) is 3. The standard InChI is InChI=1S/C22H22ClN5O2/c23-18-3-1-15(2-4-18)14-25-21(29)17-7-11-28(12-8-17)22(30)20-13-19(26-27-20)16-5-9-24-10-6-16/h1-6,9-10,13,17H,7-8,11-12,14H2,(H,25,29)(H,26,27). The van der Waals surface area contributed by atoms with E-state index in [2.05, 4.69) is 20.5 Å². The predicted molar refractivity (Wildman–Crippen MR) is 114 cm³/mol. The number of aromatic nitrogens is 3. The van der Waals surface area contributed by atoms with Crippen molar-refractivity contribution in [2.24, 2.45) is 5.92 Å². The third-order valence-corrected chi connectivity index (χ3v) is 5.57. The highest BCUT2D eigenvalue weighted by molar-refractivity contribution is 6.30. The molecule has 4 rings (SSSR count). The monoisotopic (exact) mass is 423 g/mol. The van der Waals surface area contributed by atoms with E-state index < -0.39 is 0 Å². The van der Waals surface area contributed by atoms with E-state index in [-0.39, 0.29) is 17.7 Å². The normalized spacial score (nSPS) is 14.5. The van der Waals surface area contributed by atoms with E-state index in [4.69, 9.17) is 11.6 Å². The first-order valence-corrected chi connectivity index (χ1v) is 10.2. The highest BCUT2D eigenvalue weighted by atomic mass is 35.5. The van der Waals surface area contributed by atoms with E-state index in [9.17, 15) is 9.59 Å². The number of carbonyl (C=O) groups is 2. The molecule has 0 aliphatic carbocycles. The molecule has 2 N–H and O–H groups in total. The van der Waals surface area contributed by atoms with Crippen LogP contribution in [0.2, 0.25) is 5.02 Å². The predicted octanol–water partition coefficient (Wildman–Crippen LogP) is 3.29. The zero-order valence-electron chi connectivity index (χ0n) is 16.3. The average Bonchev–Trinajstić information content (AvgIpc) is 3.29. The molecule has 0 unspecified atom stereocenters. The zero-order valence-corrected chi connectivity index (χ0v) is 17.1. The van der Waals surface area contributed by atoms with Crippen LogP contribution in [0.3, 0.4) is 0 Å². The zero-order chi connectivity index (χ0) is 20.9. The second kappa shape index (κ2) is 9.09. The SMILES string of the molecule is O=C(NCc1ccc(Cl)cc1)C1CCN(C(=O)c2cc(-c3ccncc3)[nH]n2)CC1. The first kappa shape index (κ1) is 20.1. The number of halogens is 1. The molecule has 1 fully saturated rings. The van der Waals surface area contributed by atoms with Crippen molar-refractivity contribution in [2.75, 3.05) is 13.1 Å². The van der Waals surface area contributed by atoms with Crippen LogP contribution < -0.4 is 5.32 Å². The summed E-state index contributed by atoms with van der Waals surface area (Å²) < 4.78 is 0. The first-order chi connectivity index (χ1) is 14.6. The second-order valence-corrected chi connectivity index (χ2v) is 7.75.